The first-order valence-electron chi connectivity index (χ1n) is 10.4. The largest absolute Gasteiger partial charge is 0.322 e. The van der Waals surface area contributed by atoms with Gasteiger partial charge in [-0.25, -0.2) is 17.2 Å². The number of benzene rings is 2. The standard InChI is InChI=1S/C22H23F2N3O4S/c1-14(28)27-20-8-6-17(32(30,31)26-9-3-2-4-10-26)11-15(20)12-21(27)22(29)25-19-13-16(23)5-7-18(19)24/h5-8,11,13,21H,2-4,9-10,12H2,1H3,(H,25,29). The lowest BCUT2D eigenvalue weighted by molar-refractivity contribution is -0.122. The number of halogens is 2. The van der Waals surface area contributed by atoms with Gasteiger partial charge in [-0.15, -0.1) is 0 Å². The minimum Gasteiger partial charge on any atom is -0.322 e. The summed E-state index contributed by atoms with van der Waals surface area (Å²) < 4.78 is 54.9. The van der Waals surface area contributed by atoms with Crippen LogP contribution in [-0.2, 0) is 26.0 Å². The van der Waals surface area contributed by atoms with Crippen molar-refractivity contribution < 1.29 is 26.8 Å². The highest BCUT2D eigenvalue weighted by Gasteiger charge is 2.38. The predicted octanol–water partition coefficient (Wildman–Crippen LogP) is 3.06. The zero-order chi connectivity index (χ0) is 23.0. The molecule has 1 N–H and O–H groups in total. The number of nitrogens with one attached hydrogen (secondary N) is 1. The van der Waals surface area contributed by atoms with Gasteiger partial charge in [0.15, 0.2) is 0 Å². The summed E-state index contributed by atoms with van der Waals surface area (Å²) in [5.74, 6) is -2.64. The monoisotopic (exact) mass is 463 g/mol. The Hall–Kier alpha value is -2.85. The van der Waals surface area contributed by atoms with E-state index in [4.69, 9.17) is 0 Å². The molecule has 0 radical (unpaired) electrons. The van der Waals surface area contributed by atoms with Crippen molar-refractivity contribution in [2.24, 2.45) is 0 Å². The molecule has 2 aromatic carbocycles. The molecular formula is C22H23F2N3O4S. The number of carbonyl (C=O) groups excluding carboxylic acids is 2. The molecule has 170 valence electrons. The Morgan fingerprint density at radius 2 is 1.75 bits per heavy atom. The summed E-state index contributed by atoms with van der Waals surface area (Å²) in [7, 11) is -3.68. The van der Waals surface area contributed by atoms with Crippen LogP contribution in [0.4, 0.5) is 20.2 Å². The second kappa shape index (κ2) is 8.59. The predicted molar refractivity (Wildman–Crippen MR) is 115 cm³/mol. The van der Waals surface area contributed by atoms with Crippen molar-refractivity contribution in [3.8, 4) is 0 Å². The number of anilines is 2. The molecule has 2 aromatic rings. The number of rotatable bonds is 4. The van der Waals surface area contributed by atoms with Crippen LogP contribution >= 0.6 is 0 Å². The molecule has 10 heteroatoms. The normalized spacial score (nSPS) is 19.0. The Bertz CT molecular complexity index is 1180. The number of amides is 2. The van der Waals surface area contributed by atoms with Crippen LogP contribution in [0, 0.1) is 11.6 Å². The quantitative estimate of drug-likeness (QED) is 0.755. The lowest BCUT2D eigenvalue weighted by atomic mass is 10.1. The van der Waals surface area contributed by atoms with Gasteiger partial charge in [0.05, 0.1) is 10.6 Å². The van der Waals surface area contributed by atoms with E-state index in [-0.39, 0.29) is 17.0 Å². The first-order chi connectivity index (χ1) is 15.2. The highest BCUT2D eigenvalue weighted by molar-refractivity contribution is 7.89. The van der Waals surface area contributed by atoms with Crippen LogP contribution in [0.1, 0.15) is 31.7 Å². The second-order valence-corrected chi connectivity index (χ2v) is 9.92. The molecule has 2 aliphatic rings. The zero-order valence-electron chi connectivity index (χ0n) is 17.5. The maximum absolute atomic E-state index is 14.0. The van der Waals surface area contributed by atoms with Gasteiger partial charge in [0.2, 0.25) is 21.8 Å². The SMILES string of the molecule is CC(=O)N1c2ccc(S(=O)(=O)N3CCCCC3)cc2CC1C(=O)Nc1cc(F)ccc1F. The Morgan fingerprint density at radius 3 is 2.44 bits per heavy atom. The van der Waals surface area contributed by atoms with Crippen LogP contribution < -0.4 is 10.2 Å². The average Bonchev–Trinajstić information content (AvgIpc) is 3.16. The molecule has 1 fully saturated rings. The molecule has 0 bridgehead atoms. The Balaban J connectivity index is 1.62. The fourth-order valence-electron chi connectivity index (χ4n) is 4.25. The van der Waals surface area contributed by atoms with Gasteiger partial charge in [-0.1, -0.05) is 6.42 Å². The average molecular weight is 464 g/mol. The van der Waals surface area contributed by atoms with Crippen LogP contribution in [0.25, 0.3) is 0 Å². The number of sulfonamides is 1. The fourth-order valence-corrected chi connectivity index (χ4v) is 5.82. The molecule has 0 saturated carbocycles. The highest BCUT2D eigenvalue weighted by atomic mass is 32.2. The van der Waals surface area contributed by atoms with Crippen molar-refractivity contribution in [2.45, 2.75) is 43.5 Å². The second-order valence-electron chi connectivity index (χ2n) is 7.98. The van der Waals surface area contributed by atoms with Crippen molar-refractivity contribution in [3.05, 3.63) is 53.6 Å². The highest BCUT2D eigenvalue weighted by Crippen LogP contribution is 2.35. The van der Waals surface area contributed by atoms with Crippen molar-refractivity contribution in [1.82, 2.24) is 4.31 Å². The van der Waals surface area contributed by atoms with E-state index in [0.717, 1.165) is 37.5 Å². The van der Waals surface area contributed by atoms with E-state index in [9.17, 15) is 26.8 Å². The molecule has 1 unspecified atom stereocenters. The van der Waals surface area contributed by atoms with Crippen molar-refractivity contribution in [3.63, 3.8) is 0 Å². The number of nitrogens with zero attached hydrogens (tertiary/aromatic N) is 2. The molecule has 0 spiro atoms. The fraction of sp³-hybridized carbons (Fsp3) is 0.364. The summed E-state index contributed by atoms with van der Waals surface area (Å²) in [4.78, 5) is 26.5. The smallest absolute Gasteiger partial charge is 0.247 e. The minimum absolute atomic E-state index is 0.0566. The molecule has 7 nitrogen and oxygen atoms in total. The molecule has 4 rings (SSSR count). The van der Waals surface area contributed by atoms with Crippen LogP contribution in [0.5, 0.6) is 0 Å². The maximum Gasteiger partial charge on any atom is 0.247 e. The van der Waals surface area contributed by atoms with E-state index < -0.39 is 39.5 Å². The van der Waals surface area contributed by atoms with Crippen LogP contribution in [-0.4, -0.2) is 43.7 Å². The van der Waals surface area contributed by atoms with Crippen molar-refractivity contribution in [1.29, 1.82) is 0 Å². The minimum atomic E-state index is -3.68. The topological polar surface area (TPSA) is 86.8 Å². The molecule has 1 saturated heterocycles. The number of hydrogen-bond donors (Lipinski definition) is 1. The van der Waals surface area contributed by atoms with Gasteiger partial charge in [-0.05, 0) is 48.7 Å². The Morgan fingerprint density at radius 1 is 1.03 bits per heavy atom. The molecule has 0 aliphatic carbocycles. The lowest BCUT2D eigenvalue weighted by Gasteiger charge is -2.26. The molecule has 32 heavy (non-hydrogen) atoms. The van der Waals surface area contributed by atoms with Crippen LogP contribution in [0.3, 0.4) is 0 Å². The van der Waals surface area contributed by atoms with E-state index in [1.807, 2.05) is 0 Å². The third-order valence-corrected chi connectivity index (χ3v) is 7.71. The van der Waals surface area contributed by atoms with E-state index in [1.54, 1.807) is 0 Å². The van der Waals surface area contributed by atoms with Crippen LogP contribution in [0.15, 0.2) is 41.3 Å². The van der Waals surface area contributed by atoms with Gasteiger partial charge < -0.3 is 5.32 Å². The lowest BCUT2D eigenvalue weighted by Crippen LogP contribution is -2.44. The van der Waals surface area contributed by atoms with Gasteiger partial charge in [0.1, 0.15) is 17.7 Å². The molecule has 0 aromatic heterocycles. The third-order valence-electron chi connectivity index (χ3n) is 5.82. The zero-order valence-corrected chi connectivity index (χ0v) is 18.3. The first kappa shape index (κ1) is 22.3. The summed E-state index contributed by atoms with van der Waals surface area (Å²) in [6.45, 7) is 2.21. The number of fused-ring (bicyclic) bond motifs is 1. The summed E-state index contributed by atoms with van der Waals surface area (Å²) >= 11 is 0. The van der Waals surface area contributed by atoms with E-state index in [2.05, 4.69) is 5.32 Å². The number of carbonyl (C=O) groups is 2. The summed E-state index contributed by atoms with van der Waals surface area (Å²) in [6, 6.07) is 6.12. The summed E-state index contributed by atoms with van der Waals surface area (Å²) in [6.07, 6.45) is 2.66. The van der Waals surface area contributed by atoms with E-state index >= 15 is 0 Å². The first-order valence-corrected chi connectivity index (χ1v) is 11.8. The van der Waals surface area contributed by atoms with Gasteiger partial charge in [-0.3, -0.25) is 14.5 Å². The number of piperidine rings is 1. The summed E-state index contributed by atoms with van der Waals surface area (Å²) in [5, 5.41) is 2.33. The molecule has 2 aliphatic heterocycles. The van der Waals surface area contributed by atoms with Gasteiger partial charge >= 0.3 is 0 Å². The Kier molecular flexibility index (Phi) is 6.00. The molecular weight excluding hydrogens is 440 g/mol. The van der Waals surface area contributed by atoms with Crippen molar-refractivity contribution in [2.75, 3.05) is 23.3 Å². The Labute approximate surface area is 185 Å². The van der Waals surface area contributed by atoms with Gasteiger partial charge in [0, 0.05) is 38.2 Å². The molecule has 2 amide bonds. The molecule has 1 atom stereocenters. The van der Waals surface area contributed by atoms with Crippen molar-refractivity contribution >= 4 is 33.2 Å². The number of hydrogen-bond acceptors (Lipinski definition) is 4. The summed E-state index contributed by atoms with van der Waals surface area (Å²) in [5.41, 5.74) is 0.621. The third kappa shape index (κ3) is 4.12. The van der Waals surface area contributed by atoms with Gasteiger partial charge in [0.25, 0.3) is 0 Å². The van der Waals surface area contributed by atoms with Crippen LogP contribution in [0.2, 0.25) is 0 Å². The van der Waals surface area contributed by atoms with E-state index in [1.165, 1.54) is 34.3 Å². The molecule has 2 heterocycles. The van der Waals surface area contributed by atoms with Gasteiger partial charge in [-0.2, -0.15) is 4.31 Å². The maximum atomic E-state index is 14.0. The van der Waals surface area contributed by atoms with E-state index in [0.29, 0.717) is 24.3 Å².